The van der Waals surface area contributed by atoms with Crippen molar-refractivity contribution in [3.63, 3.8) is 0 Å². The molecule has 0 atom stereocenters. The zero-order valence-corrected chi connectivity index (χ0v) is 13.5. The van der Waals surface area contributed by atoms with Crippen LogP contribution in [0.2, 0.25) is 10.0 Å². The Kier molecular flexibility index (Phi) is 4.92. The maximum atomic E-state index is 12.4. The van der Waals surface area contributed by atoms with Crippen LogP contribution in [0.1, 0.15) is 35.3 Å². The molecule has 2 rings (SSSR count). The molecule has 0 aliphatic carbocycles. The molecule has 2 nitrogen and oxygen atoms in total. The quantitative estimate of drug-likeness (QED) is 0.635. The van der Waals surface area contributed by atoms with E-state index in [2.05, 4.69) is 13.8 Å². The molecular formula is C17H17Cl2NO. The Bertz CT molecular complexity index is 640. The first-order chi connectivity index (χ1) is 9.88. The number of nitrogen functional groups attached to an aromatic ring is 1. The second kappa shape index (κ2) is 6.50. The first kappa shape index (κ1) is 15.9. The number of carbonyl (C=O) groups excluding carboxylic acids is 1. The molecule has 0 unspecified atom stereocenters. The van der Waals surface area contributed by atoms with Crippen LogP contribution in [0, 0.1) is 5.92 Å². The van der Waals surface area contributed by atoms with Crippen LogP contribution in [0.15, 0.2) is 36.4 Å². The molecule has 4 heteroatoms. The van der Waals surface area contributed by atoms with Gasteiger partial charge in [0.15, 0.2) is 5.78 Å². The average molecular weight is 322 g/mol. The third-order valence-corrected chi connectivity index (χ3v) is 4.00. The molecule has 21 heavy (non-hydrogen) atoms. The van der Waals surface area contributed by atoms with Crippen molar-refractivity contribution in [3.8, 4) is 0 Å². The van der Waals surface area contributed by atoms with E-state index in [1.54, 1.807) is 12.1 Å². The van der Waals surface area contributed by atoms with Gasteiger partial charge < -0.3 is 5.73 Å². The fourth-order valence-corrected chi connectivity index (χ4v) is 2.51. The number of hydrogen-bond donors (Lipinski definition) is 1. The van der Waals surface area contributed by atoms with Gasteiger partial charge in [0.05, 0.1) is 15.7 Å². The number of hydrogen-bond acceptors (Lipinski definition) is 2. The van der Waals surface area contributed by atoms with E-state index in [0.29, 0.717) is 22.7 Å². The van der Waals surface area contributed by atoms with Gasteiger partial charge in [0.2, 0.25) is 0 Å². The summed E-state index contributed by atoms with van der Waals surface area (Å²) in [5.74, 6) is 0.470. The van der Waals surface area contributed by atoms with Crippen molar-refractivity contribution in [2.45, 2.75) is 20.3 Å². The maximum Gasteiger partial charge on any atom is 0.193 e. The zero-order chi connectivity index (χ0) is 15.6. The molecule has 0 aliphatic heterocycles. The van der Waals surface area contributed by atoms with E-state index in [4.69, 9.17) is 28.9 Å². The van der Waals surface area contributed by atoms with E-state index in [1.165, 1.54) is 5.56 Å². The lowest BCUT2D eigenvalue weighted by molar-refractivity contribution is 0.103. The van der Waals surface area contributed by atoms with Crippen LogP contribution >= 0.6 is 23.2 Å². The summed E-state index contributed by atoms with van der Waals surface area (Å²) >= 11 is 11.9. The van der Waals surface area contributed by atoms with Crippen LogP contribution in [0.5, 0.6) is 0 Å². The van der Waals surface area contributed by atoms with Gasteiger partial charge in [0.25, 0.3) is 0 Å². The minimum Gasteiger partial charge on any atom is -0.397 e. The predicted molar refractivity (Wildman–Crippen MR) is 89.3 cm³/mol. The highest BCUT2D eigenvalue weighted by Crippen LogP contribution is 2.30. The van der Waals surface area contributed by atoms with Gasteiger partial charge in [-0.1, -0.05) is 61.3 Å². The number of anilines is 1. The Hall–Kier alpha value is -1.51. The number of halogens is 2. The molecule has 0 radical (unpaired) electrons. The summed E-state index contributed by atoms with van der Waals surface area (Å²) < 4.78 is 0. The van der Waals surface area contributed by atoms with E-state index < -0.39 is 0 Å². The Balaban J connectivity index is 2.28. The van der Waals surface area contributed by atoms with Crippen molar-refractivity contribution in [1.82, 2.24) is 0 Å². The number of ketones is 1. The van der Waals surface area contributed by atoms with Gasteiger partial charge >= 0.3 is 0 Å². The molecule has 2 N–H and O–H groups in total. The molecule has 0 heterocycles. The smallest absolute Gasteiger partial charge is 0.193 e. The molecule has 0 saturated carbocycles. The molecule has 110 valence electrons. The third kappa shape index (κ3) is 3.78. The normalized spacial score (nSPS) is 10.9. The van der Waals surface area contributed by atoms with Crippen LogP contribution in [0.25, 0.3) is 0 Å². The van der Waals surface area contributed by atoms with Crippen LogP contribution in [0.3, 0.4) is 0 Å². The molecule has 0 amide bonds. The molecule has 2 aromatic rings. The van der Waals surface area contributed by atoms with Crippen LogP contribution < -0.4 is 5.73 Å². The summed E-state index contributed by atoms with van der Waals surface area (Å²) in [7, 11) is 0. The van der Waals surface area contributed by atoms with Gasteiger partial charge in [-0.15, -0.1) is 0 Å². The van der Waals surface area contributed by atoms with E-state index in [9.17, 15) is 4.79 Å². The lowest BCUT2D eigenvalue weighted by atomic mass is 9.98. The molecule has 2 aromatic carbocycles. The van der Waals surface area contributed by atoms with Gasteiger partial charge in [-0.25, -0.2) is 0 Å². The maximum absolute atomic E-state index is 12.4. The molecule has 0 saturated heterocycles. The van der Waals surface area contributed by atoms with Gasteiger partial charge in [-0.05, 0) is 30.0 Å². The average Bonchev–Trinajstić information content (AvgIpc) is 2.43. The highest BCUT2D eigenvalue weighted by atomic mass is 35.5. The lowest BCUT2D eigenvalue weighted by Crippen LogP contribution is -2.03. The van der Waals surface area contributed by atoms with Gasteiger partial charge in [-0.3, -0.25) is 4.79 Å². The fraction of sp³-hybridized carbons (Fsp3) is 0.235. The first-order valence-corrected chi connectivity index (χ1v) is 7.52. The van der Waals surface area contributed by atoms with Crippen molar-refractivity contribution in [3.05, 3.63) is 63.1 Å². The van der Waals surface area contributed by atoms with Gasteiger partial charge in [0, 0.05) is 11.1 Å². The van der Waals surface area contributed by atoms with E-state index in [-0.39, 0.29) is 15.8 Å². The summed E-state index contributed by atoms with van der Waals surface area (Å²) in [4.78, 5) is 12.4. The second-order valence-electron chi connectivity index (χ2n) is 5.49. The van der Waals surface area contributed by atoms with E-state index >= 15 is 0 Å². The molecule has 0 fully saturated rings. The number of rotatable bonds is 4. The number of carbonyl (C=O) groups is 1. The highest BCUT2D eigenvalue weighted by Gasteiger charge is 2.13. The Morgan fingerprint density at radius 3 is 2.24 bits per heavy atom. The minimum absolute atomic E-state index is 0.114. The molecular weight excluding hydrogens is 305 g/mol. The minimum atomic E-state index is -0.114. The van der Waals surface area contributed by atoms with Crippen LogP contribution in [-0.4, -0.2) is 5.78 Å². The Labute approximate surface area is 134 Å². The van der Waals surface area contributed by atoms with Crippen molar-refractivity contribution in [2.75, 3.05) is 5.73 Å². The van der Waals surface area contributed by atoms with Crippen molar-refractivity contribution >= 4 is 34.7 Å². The molecule has 0 aliphatic rings. The summed E-state index contributed by atoms with van der Waals surface area (Å²) in [6, 6.07) is 10.7. The lowest BCUT2D eigenvalue weighted by Gasteiger charge is -2.08. The summed E-state index contributed by atoms with van der Waals surface area (Å²) in [6.07, 6.45) is 0.994. The highest BCUT2D eigenvalue weighted by molar-refractivity contribution is 6.44. The Morgan fingerprint density at radius 1 is 1.10 bits per heavy atom. The molecule has 0 bridgehead atoms. The standard InChI is InChI=1S/C17H17Cl2NO/c1-10(2)7-11-3-5-12(6-4-11)17(21)13-8-14(18)16(19)15(20)9-13/h3-6,8-10H,7,20H2,1-2H3. The second-order valence-corrected chi connectivity index (χ2v) is 6.27. The fourth-order valence-electron chi connectivity index (χ4n) is 2.17. The van der Waals surface area contributed by atoms with Crippen LogP contribution in [-0.2, 0) is 6.42 Å². The molecule has 0 spiro atoms. The van der Waals surface area contributed by atoms with Gasteiger partial charge in [-0.2, -0.15) is 0 Å². The first-order valence-electron chi connectivity index (χ1n) is 6.76. The summed E-state index contributed by atoms with van der Waals surface area (Å²) in [5.41, 5.74) is 8.33. The monoisotopic (exact) mass is 321 g/mol. The zero-order valence-electron chi connectivity index (χ0n) is 12.0. The van der Waals surface area contributed by atoms with E-state index in [1.807, 2.05) is 24.3 Å². The molecule has 0 aromatic heterocycles. The third-order valence-electron chi connectivity index (χ3n) is 3.18. The SMILES string of the molecule is CC(C)Cc1ccc(C(=O)c2cc(N)c(Cl)c(Cl)c2)cc1. The topological polar surface area (TPSA) is 43.1 Å². The number of nitrogens with two attached hydrogens (primary N) is 1. The summed E-state index contributed by atoms with van der Waals surface area (Å²) in [5, 5.41) is 0.567. The van der Waals surface area contributed by atoms with Gasteiger partial charge in [0.1, 0.15) is 0 Å². The van der Waals surface area contributed by atoms with Crippen molar-refractivity contribution in [1.29, 1.82) is 0 Å². The largest absolute Gasteiger partial charge is 0.397 e. The summed E-state index contributed by atoms with van der Waals surface area (Å²) in [6.45, 7) is 4.33. The number of benzene rings is 2. The van der Waals surface area contributed by atoms with Crippen molar-refractivity contribution in [2.24, 2.45) is 5.92 Å². The Morgan fingerprint density at radius 2 is 1.71 bits per heavy atom. The van der Waals surface area contributed by atoms with Crippen LogP contribution in [0.4, 0.5) is 5.69 Å². The van der Waals surface area contributed by atoms with E-state index in [0.717, 1.165) is 6.42 Å². The van der Waals surface area contributed by atoms with Crippen molar-refractivity contribution < 1.29 is 4.79 Å². The predicted octanol–water partition coefficient (Wildman–Crippen LogP) is 5.01.